The molecule has 0 saturated carbocycles. The van der Waals surface area contributed by atoms with Gasteiger partial charge >= 0.3 is 0 Å². The lowest BCUT2D eigenvalue weighted by Crippen LogP contribution is -2.49. The maximum Gasteiger partial charge on any atom is 0.0178 e. The molecule has 1 aliphatic rings. The average Bonchev–Trinajstić information content (AvgIpc) is 2.10. The van der Waals surface area contributed by atoms with Gasteiger partial charge in [-0.25, -0.2) is 0 Å². The molecule has 0 aromatic heterocycles. The molecule has 1 heteroatoms. The summed E-state index contributed by atoms with van der Waals surface area (Å²) < 4.78 is 0. The van der Waals surface area contributed by atoms with Crippen LogP contribution in [0.25, 0.3) is 0 Å². The molecule has 0 N–H and O–H groups in total. The molecule has 0 aromatic rings. The van der Waals surface area contributed by atoms with Crippen LogP contribution in [0.15, 0.2) is 0 Å². The second kappa shape index (κ2) is 4.27. The Labute approximate surface area is 77.1 Å². The van der Waals surface area contributed by atoms with Gasteiger partial charge in [-0.05, 0) is 45.7 Å². The van der Waals surface area contributed by atoms with Crippen molar-refractivity contribution in [2.24, 2.45) is 0 Å². The van der Waals surface area contributed by atoms with E-state index >= 15 is 0 Å². The molecular formula is C11H23N. The fraction of sp³-hybridized carbons (Fsp3) is 1.00. The first-order valence-electron chi connectivity index (χ1n) is 5.48. The molecule has 0 aromatic carbocycles. The van der Waals surface area contributed by atoms with Crippen molar-refractivity contribution in [1.29, 1.82) is 0 Å². The summed E-state index contributed by atoms with van der Waals surface area (Å²) in [4.78, 5) is 2.69. The van der Waals surface area contributed by atoms with Crippen molar-refractivity contribution in [1.82, 2.24) is 4.90 Å². The summed E-state index contributed by atoms with van der Waals surface area (Å²) in [6, 6.07) is 0. The molecule has 1 aliphatic heterocycles. The molecule has 72 valence electrons. The highest BCUT2D eigenvalue weighted by Crippen LogP contribution is 2.30. The van der Waals surface area contributed by atoms with Gasteiger partial charge in [-0.3, -0.25) is 4.90 Å². The third kappa shape index (κ3) is 2.01. The van der Waals surface area contributed by atoms with Gasteiger partial charge in [0.15, 0.2) is 0 Å². The summed E-state index contributed by atoms with van der Waals surface area (Å²) in [5.74, 6) is 0. The number of rotatable bonds is 3. The third-order valence-corrected chi connectivity index (χ3v) is 3.41. The maximum absolute atomic E-state index is 2.69. The molecule has 0 bridgehead atoms. The Bertz CT molecular complexity index is 131. The van der Waals surface area contributed by atoms with Crippen molar-refractivity contribution < 1.29 is 0 Å². The zero-order valence-electron chi connectivity index (χ0n) is 8.90. The first-order chi connectivity index (χ1) is 5.73. The Hall–Kier alpha value is -0.0400. The lowest BCUT2D eigenvalue weighted by atomic mass is 9.86. The van der Waals surface area contributed by atoms with Crippen molar-refractivity contribution in [3.05, 3.63) is 0 Å². The highest BCUT2D eigenvalue weighted by atomic mass is 15.2. The number of hydrogen-bond acceptors (Lipinski definition) is 1. The van der Waals surface area contributed by atoms with Crippen LogP contribution in [-0.2, 0) is 0 Å². The van der Waals surface area contributed by atoms with Crippen molar-refractivity contribution in [3.63, 3.8) is 0 Å². The van der Waals surface area contributed by atoms with Crippen LogP contribution >= 0.6 is 0 Å². The molecule has 1 rings (SSSR count). The van der Waals surface area contributed by atoms with Crippen LogP contribution in [0.2, 0.25) is 0 Å². The van der Waals surface area contributed by atoms with Gasteiger partial charge in [0.1, 0.15) is 0 Å². The van der Waals surface area contributed by atoms with Crippen LogP contribution in [0.4, 0.5) is 0 Å². The van der Waals surface area contributed by atoms with Gasteiger partial charge in [-0.1, -0.05) is 20.3 Å². The minimum atomic E-state index is 0.522. The standard InChI is InChI=1S/C11H23N/c1-4-9-12-10-7-6-8-11(12,3)5-2/h4-10H2,1-3H3. The van der Waals surface area contributed by atoms with E-state index in [2.05, 4.69) is 25.7 Å². The lowest BCUT2D eigenvalue weighted by Gasteiger charge is -2.44. The highest BCUT2D eigenvalue weighted by Gasteiger charge is 2.31. The van der Waals surface area contributed by atoms with Crippen LogP contribution in [0.5, 0.6) is 0 Å². The third-order valence-electron chi connectivity index (χ3n) is 3.41. The van der Waals surface area contributed by atoms with E-state index in [1.54, 1.807) is 0 Å². The summed E-state index contributed by atoms with van der Waals surface area (Å²) in [7, 11) is 0. The van der Waals surface area contributed by atoms with Gasteiger partial charge < -0.3 is 0 Å². The predicted molar refractivity (Wildman–Crippen MR) is 54.4 cm³/mol. The van der Waals surface area contributed by atoms with E-state index in [-0.39, 0.29) is 0 Å². The van der Waals surface area contributed by atoms with Gasteiger partial charge in [0.2, 0.25) is 0 Å². The van der Waals surface area contributed by atoms with Crippen molar-refractivity contribution in [3.8, 4) is 0 Å². The number of hydrogen-bond donors (Lipinski definition) is 0. The first kappa shape index (κ1) is 10.0. The minimum absolute atomic E-state index is 0.522. The molecule has 0 amide bonds. The fourth-order valence-corrected chi connectivity index (χ4v) is 2.29. The van der Waals surface area contributed by atoms with Crippen molar-refractivity contribution >= 4 is 0 Å². The number of nitrogens with zero attached hydrogens (tertiary/aromatic N) is 1. The molecule has 12 heavy (non-hydrogen) atoms. The van der Waals surface area contributed by atoms with E-state index in [1.807, 2.05) is 0 Å². The smallest absolute Gasteiger partial charge is 0.0178 e. The van der Waals surface area contributed by atoms with E-state index in [9.17, 15) is 0 Å². The van der Waals surface area contributed by atoms with Gasteiger partial charge in [-0.15, -0.1) is 0 Å². The van der Waals surface area contributed by atoms with Crippen LogP contribution in [0, 0.1) is 0 Å². The summed E-state index contributed by atoms with van der Waals surface area (Å²) in [5.41, 5.74) is 0.522. The Morgan fingerprint density at radius 1 is 1.25 bits per heavy atom. The van der Waals surface area contributed by atoms with Crippen molar-refractivity contribution in [2.45, 2.75) is 58.4 Å². The molecule has 1 saturated heterocycles. The largest absolute Gasteiger partial charge is 0.298 e. The second-order valence-electron chi connectivity index (χ2n) is 4.29. The van der Waals surface area contributed by atoms with Gasteiger partial charge in [0.25, 0.3) is 0 Å². The first-order valence-corrected chi connectivity index (χ1v) is 5.48. The SMILES string of the molecule is CCCN1CCCCC1(C)CC. The van der Waals surface area contributed by atoms with Gasteiger partial charge in [0.05, 0.1) is 0 Å². The van der Waals surface area contributed by atoms with E-state index in [1.165, 1.54) is 45.2 Å². The maximum atomic E-state index is 2.69. The van der Waals surface area contributed by atoms with E-state index in [0.717, 1.165) is 0 Å². The molecule has 0 spiro atoms. The second-order valence-corrected chi connectivity index (χ2v) is 4.29. The van der Waals surface area contributed by atoms with E-state index in [0.29, 0.717) is 5.54 Å². The lowest BCUT2D eigenvalue weighted by molar-refractivity contribution is 0.0582. The Morgan fingerprint density at radius 3 is 2.58 bits per heavy atom. The summed E-state index contributed by atoms with van der Waals surface area (Å²) in [6.45, 7) is 9.67. The summed E-state index contributed by atoms with van der Waals surface area (Å²) >= 11 is 0. The highest BCUT2D eigenvalue weighted by molar-refractivity contribution is 4.88. The normalized spacial score (nSPS) is 32.2. The average molecular weight is 169 g/mol. The monoisotopic (exact) mass is 169 g/mol. The van der Waals surface area contributed by atoms with Crippen LogP contribution in [0.3, 0.4) is 0 Å². The molecule has 1 fully saturated rings. The van der Waals surface area contributed by atoms with Gasteiger partial charge in [0, 0.05) is 5.54 Å². The fourth-order valence-electron chi connectivity index (χ4n) is 2.29. The topological polar surface area (TPSA) is 3.24 Å². The zero-order valence-corrected chi connectivity index (χ0v) is 8.90. The predicted octanol–water partition coefficient (Wildman–Crippen LogP) is 3.05. The van der Waals surface area contributed by atoms with Crippen molar-refractivity contribution in [2.75, 3.05) is 13.1 Å². The Morgan fingerprint density at radius 2 is 2.00 bits per heavy atom. The number of piperidine rings is 1. The molecule has 1 nitrogen and oxygen atoms in total. The molecule has 1 unspecified atom stereocenters. The van der Waals surface area contributed by atoms with E-state index < -0.39 is 0 Å². The Kier molecular flexibility index (Phi) is 3.57. The number of likely N-dealkylation sites (tertiary alicyclic amines) is 1. The van der Waals surface area contributed by atoms with Crippen LogP contribution in [0.1, 0.15) is 52.9 Å². The van der Waals surface area contributed by atoms with Crippen LogP contribution in [-0.4, -0.2) is 23.5 Å². The zero-order chi connectivity index (χ0) is 9.03. The quantitative estimate of drug-likeness (QED) is 0.627. The van der Waals surface area contributed by atoms with Crippen LogP contribution < -0.4 is 0 Å². The Balaban J connectivity index is 2.53. The van der Waals surface area contributed by atoms with E-state index in [4.69, 9.17) is 0 Å². The molecule has 0 radical (unpaired) electrons. The minimum Gasteiger partial charge on any atom is -0.298 e. The molecule has 1 heterocycles. The molecular weight excluding hydrogens is 146 g/mol. The summed E-state index contributed by atoms with van der Waals surface area (Å²) in [6.07, 6.45) is 6.87. The summed E-state index contributed by atoms with van der Waals surface area (Å²) in [5, 5.41) is 0. The molecule has 1 atom stereocenters. The van der Waals surface area contributed by atoms with Gasteiger partial charge in [-0.2, -0.15) is 0 Å². The molecule has 0 aliphatic carbocycles.